The molecule has 2 aromatic rings. The summed E-state index contributed by atoms with van der Waals surface area (Å²) in [5, 5.41) is 14.2. The summed E-state index contributed by atoms with van der Waals surface area (Å²) in [6.45, 7) is 1.10. The van der Waals surface area contributed by atoms with E-state index in [2.05, 4.69) is 5.16 Å². The Kier molecular flexibility index (Phi) is 2.20. The molecule has 0 aliphatic carbocycles. The molecule has 6 heteroatoms. The van der Waals surface area contributed by atoms with Gasteiger partial charge in [-0.2, -0.15) is 0 Å². The molecule has 0 saturated carbocycles. The van der Waals surface area contributed by atoms with Crippen LogP contribution in [0.1, 0.15) is 0 Å². The molecule has 1 saturated heterocycles. The summed E-state index contributed by atoms with van der Waals surface area (Å²) in [7, 11) is 0. The quantitative estimate of drug-likeness (QED) is 0.638. The number of β-amino-alcohol motifs (C(OH)–C–C–N with tert-alkyl or cyclic N) is 1. The second-order valence-electron chi connectivity index (χ2n) is 4.36. The third kappa shape index (κ3) is 1.53. The number of aliphatic hydroxyl groups excluding tert-OH is 1. The van der Waals surface area contributed by atoms with Gasteiger partial charge < -0.3 is 26.0 Å². The van der Waals surface area contributed by atoms with Gasteiger partial charge in [-0.05, 0) is 12.1 Å². The van der Waals surface area contributed by atoms with Crippen molar-refractivity contribution in [2.24, 2.45) is 5.73 Å². The maximum absolute atomic E-state index is 9.67. The molecular formula is C11H14N4O2. The number of hydrogen-bond acceptors (Lipinski definition) is 6. The van der Waals surface area contributed by atoms with Gasteiger partial charge in [0.2, 0.25) is 0 Å². The Bertz CT molecular complexity index is 543. The molecule has 5 N–H and O–H groups in total. The number of nitrogens with two attached hydrogens (primary N) is 2. The van der Waals surface area contributed by atoms with Crippen LogP contribution in [0.15, 0.2) is 22.7 Å². The van der Waals surface area contributed by atoms with Crippen LogP contribution in [0, 0.1) is 0 Å². The third-order valence-electron chi connectivity index (χ3n) is 3.18. The van der Waals surface area contributed by atoms with Crippen molar-refractivity contribution in [1.29, 1.82) is 0 Å². The molecular weight excluding hydrogens is 220 g/mol. The van der Waals surface area contributed by atoms with E-state index in [9.17, 15) is 5.11 Å². The van der Waals surface area contributed by atoms with Gasteiger partial charge in [0, 0.05) is 19.1 Å². The Labute approximate surface area is 97.8 Å². The van der Waals surface area contributed by atoms with E-state index >= 15 is 0 Å². The zero-order valence-electron chi connectivity index (χ0n) is 9.21. The van der Waals surface area contributed by atoms with Gasteiger partial charge in [0.15, 0.2) is 11.4 Å². The summed E-state index contributed by atoms with van der Waals surface area (Å²) in [6, 6.07) is 5.43. The summed E-state index contributed by atoms with van der Waals surface area (Å²) in [4.78, 5) is 1.99. The summed E-state index contributed by atoms with van der Waals surface area (Å²) >= 11 is 0. The number of aromatic nitrogens is 1. The van der Waals surface area contributed by atoms with Crippen molar-refractivity contribution in [3.63, 3.8) is 0 Å². The summed E-state index contributed by atoms with van der Waals surface area (Å²) < 4.78 is 5.22. The van der Waals surface area contributed by atoms with Crippen LogP contribution in [0.25, 0.3) is 11.0 Å². The van der Waals surface area contributed by atoms with Crippen LogP contribution >= 0.6 is 0 Å². The van der Waals surface area contributed by atoms with Crippen molar-refractivity contribution in [2.45, 2.75) is 12.1 Å². The first-order valence-corrected chi connectivity index (χ1v) is 5.49. The lowest BCUT2D eigenvalue weighted by molar-refractivity contribution is 0.180. The molecule has 17 heavy (non-hydrogen) atoms. The van der Waals surface area contributed by atoms with E-state index in [4.69, 9.17) is 16.0 Å². The minimum Gasteiger partial charge on any atom is -0.390 e. The minimum atomic E-state index is -0.509. The van der Waals surface area contributed by atoms with Gasteiger partial charge in [-0.1, -0.05) is 11.2 Å². The van der Waals surface area contributed by atoms with Crippen molar-refractivity contribution in [1.82, 2.24) is 5.16 Å². The number of anilines is 2. The van der Waals surface area contributed by atoms with Crippen LogP contribution in [-0.4, -0.2) is 35.5 Å². The maximum atomic E-state index is 9.67. The number of aliphatic hydroxyl groups is 1. The zero-order chi connectivity index (χ0) is 12.0. The highest BCUT2D eigenvalue weighted by atomic mass is 16.5. The van der Waals surface area contributed by atoms with Crippen molar-refractivity contribution >= 4 is 22.5 Å². The molecule has 0 amide bonds. The van der Waals surface area contributed by atoms with Crippen molar-refractivity contribution in [3.8, 4) is 0 Å². The van der Waals surface area contributed by atoms with Crippen molar-refractivity contribution in [3.05, 3.63) is 18.2 Å². The number of hydrogen-bond donors (Lipinski definition) is 3. The lowest BCUT2D eigenvalue weighted by Gasteiger charge is -2.17. The summed E-state index contributed by atoms with van der Waals surface area (Å²) in [5.41, 5.74) is 13.0. The first-order valence-electron chi connectivity index (χ1n) is 5.49. The average Bonchev–Trinajstić information content (AvgIpc) is 2.84. The smallest absolute Gasteiger partial charge is 0.192 e. The molecule has 1 aliphatic rings. The SMILES string of the molecule is Nc1noc2c(N3CC(N)C(O)C3)cccc12. The van der Waals surface area contributed by atoms with E-state index in [1.165, 1.54) is 0 Å². The Hall–Kier alpha value is -1.79. The number of nitrogens with zero attached hydrogens (tertiary/aromatic N) is 2. The van der Waals surface area contributed by atoms with E-state index in [1.54, 1.807) is 0 Å². The van der Waals surface area contributed by atoms with Gasteiger partial charge in [-0.15, -0.1) is 0 Å². The molecule has 1 aliphatic heterocycles. The molecule has 2 unspecified atom stereocenters. The molecule has 3 rings (SSSR count). The predicted molar refractivity (Wildman–Crippen MR) is 64.6 cm³/mol. The Balaban J connectivity index is 2.06. The van der Waals surface area contributed by atoms with Crippen LogP contribution in [0.4, 0.5) is 11.5 Å². The number of para-hydroxylation sites is 1. The number of benzene rings is 1. The molecule has 1 aromatic heterocycles. The van der Waals surface area contributed by atoms with E-state index in [0.29, 0.717) is 24.5 Å². The lowest BCUT2D eigenvalue weighted by Crippen LogP contribution is -2.32. The van der Waals surface area contributed by atoms with Gasteiger partial charge in [0.1, 0.15) is 0 Å². The van der Waals surface area contributed by atoms with Gasteiger partial charge in [0.25, 0.3) is 0 Å². The van der Waals surface area contributed by atoms with E-state index in [1.807, 2.05) is 23.1 Å². The lowest BCUT2D eigenvalue weighted by atomic mass is 10.2. The van der Waals surface area contributed by atoms with Crippen LogP contribution in [0.3, 0.4) is 0 Å². The molecule has 90 valence electrons. The number of fused-ring (bicyclic) bond motifs is 1. The maximum Gasteiger partial charge on any atom is 0.192 e. The monoisotopic (exact) mass is 234 g/mol. The zero-order valence-corrected chi connectivity index (χ0v) is 9.21. The number of nitrogen functional groups attached to an aromatic ring is 1. The molecule has 1 aromatic carbocycles. The van der Waals surface area contributed by atoms with Gasteiger partial charge in [0.05, 0.1) is 17.2 Å². The van der Waals surface area contributed by atoms with Crippen LogP contribution in [0.2, 0.25) is 0 Å². The molecule has 0 spiro atoms. The van der Waals surface area contributed by atoms with Crippen LogP contribution in [0.5, 0.6) is 0 Å². The standard InChI is InChI=1S/C11H14N4O2/c12-7-4-15(5-9(7)16)8-3-1-2-6-10(8)17-14-11(6)13/h1-3,7,9,16H,4-5,12H2,(H2,13,14). The van der Waals surface area contributed by atoms with Crippen LogP contribution < -0.4 is 16.4 Å². The van der Waals surface area contributed by atoms with Crippen molar-refractivity contribution in [2.75, 3.05) is 23.7 Å². The topological polar surface area (TPSA) is 102 Å². The summed E-state index contributed by atoms with van der Waals surface area (Å²) in [5.74, 6) is 0.380. The first-order chi connectivity index (χ1) is 8.16. The van der Waals surface area contributed by atoms with Gasteiger partial charge in [-0.25, -0.2) is 0 Å². The highest BCUT2D eigenvalue weighted by Crippen LogP contribution is 2.31. The first kappa shape index (κ1) is 10.4. The van der Waals surface area contributed by atoms with E-state index in [-0.39, 0.29) is 6.04 Å². The fourth-order valence-corrected chi connectivity index (χ4v) is 2.22. The minimum absolute atomic E-state index is 0.231. The molecule has 0 bridgehead atoms. The normalized spacial score (nSPS) is 24.7. The highest BCUT2D eigenvalue weighted by Gasteiger charge is 2.30. The fraction of sp³-hybridized carbons (Fsp3) is 0.364. The van der Waals surface area contributed by atoms with Crippen LogP contribution in [-0.2, 0) is 0 Å². The third-order valence-corrected chi connectivity index (χ3v) is 3.18. The number of rotatable bonds is 1. The molecule has 0 radical (unpaired) electrons. The molecule has 1 fully saturated rings. The Morgan fingerprint density at radius 3 is 2.94 bits per heavy atom. The average molecular weight is 234 g/mol. The van der Waals surface area contributed by atoms with Gasteiger partial charge in [-0.3, -0.25) is 0 Å². The van der Waals surface area contributed by atoms with Crippen molar-refractivity contribution < 1.29 is 9.63 Å². The molecule has 2 heterocycles. The highest BCUT2D eigenvalue weighted by molar-refractivity contribution is 5.95. The van der Waals surface area contributed by atoms with Gasteiger partial charge >= 0.3 is 0 Å². The second-order valence-corrected chi connectivity index (χ2v) is 4.36. The fourth-order valence-electron chi connectivity index (χ4n) is 2.22. The largest absolute Gasteiger partial charge is 0.390 e. The summed E-state index contributed by atoms with van der Waals surface area (Å²) in [6.07, 6.45) is -0.509. The predicted octanol–water partition coefficient (Wildman–Crippen LogP) is -0.0818. The van der Waals surface area contributed by atoms with E-state index < -0.39 is 6.10 Å². The Morgan fingerprint density at radius 2 is 2.24 bits per heavy atom. The molecule has 2 atom stereocenters. The van der Waals surface area contributed by atoms with E-state index in [0.717, 1.165) is 11.1 Å². The second kappa shape index (κ2) is 3.61. The Morgan fingerprint density at radius 1 is 1.41 bits per heavy atom. The molecule has 6 nitrogen and oxygen atoms in total.